The Morgan fingerprint density at radius 2 is 2.06 bits per heavy atom. The highest BCUT2D eigenvalue weighted by atomic mass is 32.2. The minimum Gasteiger partial charge on any atom is -0.464 e. The number of aryl methyl sites for hydroxylation is 1. The molecule has 1 N–H and O–H groups in total. The van der Waals surface area contributed by atoms with Crippen molar-refractivity contribution in [1.29, 1.82) is 5.26 Å². The summed E-state index contributed by atoms with van der Waals surface area (Å²) >= 11 is 2.77. The average Bonchev–Trinajstić information content (AvgIpc) is 3.52. The number of nitrogens with one attached hydrogen (secondary N) is 1. The molecule has 3 aromatic heterocycles. The van der Waals surface area contributed by atoms with Crippen molar-refractivity contribution in [1.82, 2.24) is 15.2 Å². The van der Waals surface area contributed by atoms with Crippen molar-refractivity contribution in [3.8, 4) is 17.4 Å². The summed E-state index contributed by atoms with van der Waals surface area (Å²) in [5, 5.41) is 14.9. The second-order valence-electron chi connectivity index (χ2n) is 7.25. The van der Waals surface area contributed by atoms with Crippen molar-refractivity contribution in [3.05, 3.63) is 57.6 Å². The fourth-order valence-corrected chi connectivity index (χ4v) is 5.04. The van der Waals surface area contributed by atoms with E-state index in [2.05, 4.69) is 16.4 Å². The zero-order valence-corrected chi connectivity index (χ0v) is 20.7. The number of thiophene rings is 1. The van der Waals surface area contributed by atoms with Crippen molar-refractivity contribution < 1.29 is 14.0 Å². The smallest absolute Gasteiger partial charge is 0.256 e. The maximum absolute atomic E-state index is 13.3. The third-order valence-electron chi connectivity index (χ3n) is 5.16. The predicted molar refractivity (Wildman–Crippen MR) is 130 cm³/mol. The van der Waals surface area contributed by atoms with Crippen molar-refractivity contribution in [2.24, 2.45) is 0 Å². The van der Waals surface area contributed by atoms with Gasteiger partial charge in [0, 0.05) is 18.0 Å². The van der Waals surface area contributed by atoms with Crippen LogP contribution in [0.1, 0.15) is 47.3 Å². The second kappa shape index (κ2) is 11.2. The van der Waals surface area contributed by atoms with Gasteiger partial charge in [0.05, 0.1) is 40.4 Å². The number of nitrogens with zero attached hydrogens (tertiary/aromatic N) is 3. The minimum absolute atomic E-state index is 0.153. The van der Waals surface area contributed by atoms with E-state index in [-0.39, 0.29) is 17.4 Å². The van der Waals surface area contributed by atoms with Gasteiger partial charge in [0.15, 0.2) is 0 Å². The molecule has 0 radical (unpaired) electrons. The Hall–Kier alpha value is -3.09. The van der Waals surface area contributed by atoms with Crippen molar-refractivity contribution in [3.63, 3.8) is 0 Å². The Bertz CT molecular complexity index is 1150. The molecular formula is C24H26N4O3S2. The van der Waals surface area contributed by atoms with E-state index >= 15 is 0 Å². The van der Waals surface area contributed by atoms with Gasteiger partial charge in [0.25, 0.3) is 5.91 Å². The number of nitriles is 1. The molecule has 0 saturated carbocycles. The Labute approximate surface area is 201 Å². The zero-order chi connectivity index (χ0) is 24.0. The number of rotatable bonds is 9. The minimum atomic E-state index is -0.488. The lowest BCUT2D eigenvalue weighted by atomic mass is 9.98. The fourth-order valence-electron chi connectivity index (χ4n) is 3.42. The van der Waals surface area contributed by atoms with Crippen molar-refractivity contribution >= 4 is 34.9 Å². The van der Waals surface area contributed by atoms with Crippen LogP contribution in [0.4, 0.5) is 0 Å². The van der Waals surface area contributed by atoms with Crippen LogP contribution in [-0.4, -0.2) is 40.0 Å². The lowest BCUT2D eigenvalue weighted by Crippen LogP contribution is -2.32. The number of carbonyl (C=O) groups excluding carboxylic acids is 2. The topological polar surface area (TPSA) is 99.2 Å². The predicted octanol–water partition coefficient (Wildman–Crippen LogP) is 4.86. The molecule has 7 nitrogen and oxygen atoms in total. The fraction of sp³-hybridized carbons (Fsp3) is 0.333. The number of hydrogen-bond acceptors (Lipinski definition) is 7. The molecule has 9 heteroatoms. The molecule has 1 atom stereocenters. The lowest BCUT2D eigenvalue weighted by molar-refractivity contribution is -0.120. The summed E-state index contributed by atoms with van der Waals surface area (Å²) in [6.07, 6.45) is 1.51. The van der Waals surface area contributed by atoms with E-state index in [9.17, 15) is 14.9 Å². The van der Waals surface area contributed by atoms with Gasteiger partial charge in [-0.15, -0.1) is 11.3 Å². The van der Waals surface area contributed by atoms with Crippen LogP contribution in [0, 0.1) is 18.3 Å². The van der Waals surface area contributed by atoms with Gasteiger partial charge < -0.3 is 14.6 Å². The number of furan rings is 1. The highest BCUT2D eigenvalue weighted by molar-refractivity contribution is 8.00. The number of carbonyl (C=O) groups is 2. The molecule has 172 valence electrons. The van der Waals surface area contributed by atoms with Crippen LogP contribution in [0.5, 0.6) is 0 Å². The Balaban J connectivity index is 1.98. The van der Waals surface area contributed by atoms with E-state index in [4.69, 9.17) is 4.42 Å². The Kier molecular flexibility index (Phi) is 8.31. The summed E-state index contributed by atoms with van der Waals surface area (Å²) in [5.41, 5.74) is 1.49. The first-order chi connectivity index (χ1) is 15.9. The van der Waals surface area contributed by atoms with E-state index < -0.39 is 5.25 Å². The van der Waals surface area contributed by atoms with Gasteiger partial charge in [-0.2, -0.15) is 5.26 Å². The summed E-state index contributed by atoms with van der Waals surface area (Å²) in [7, 11) is 0. The molecule has 3 heterocycles. The Morgan fingerprint density at radius 3 is 2.64 bits per heavy atom. The number of aromatic nitrogens is 1. The molecule has 0 aliphatic carbocycles. The molecule has 0 saturated heterocycles. The van der Waals surface area contributed by atoms with Gasteiger partial charge >= 0.3 is 0 Å². The van der Waals surface area contributed by atoms with Crippen molar-refractivity contribution in [2.75, 3.05) is 13.1 Å². The number of hydrogen-bond donors (Lipinski definition) is 1. The standard InChI is InChI=1S/C24H26N4O3S2/c1-5-28(6-2)24(30)20-15(3)27-23(18(13-25)21(20)19-10-7-11-31-19)33-16(4)22(29)26-14-17-9-8-12-32-17/h7-12,16H,5-6,14H2,1-4H3,(H,26,29)/t16-/m1/s1. The molecule has 3 rings (SSSR count). The quantitative estimate of drug-likeness (QED) is 0.437. The highest BCUT2D eigenvalue weighted by Crippen LogP contribution is 2.37. The maximum atomic E-state index is 13.3. The molecule has 0 bridgehead atoms. The summed E-state index contributed by atoms with van der Waals surface area (Å²) in [5.74, 6) is 0.0648. The second-order valence-corrected chi connectivity index (χ2v) is 9.61. The summed E-state index contributed by atoms with van der Waals surface area (Å²) < 4.78 is 5.61. The third-order valence-corrected chi connectivity index (χ3v) is 7.13. The van der Waals surface area contributed by atoms with E-state index in [1.165, 1.54) is 18.0 Å². The molecule has 0 aliphatic heterocycles. The third kappa shape index (κ3) is 5.46. The van der Waals surface area contributed by atoms with E-state index in [1.807, 2.05) is 31.4 Å². The molecule has 2 amide bonds. The van der Waals surface area contributed by atoms with Crippen LogP contribution in [0.25, 0.3) is 11.3 Å². The molecule has 33 heavy (non-hydrogen) atoms. The van der Waals surface area contributed by atoms with Gasteiger partial charge in [-0.25, -0.2) is 4.98 Å². The first kappa shape index (κ1) is 24.6. The average molecular weight is 483 g/mol. The number of pyridine rings is 1. The van der Waals surface area contributed by atoms with Crippen LogP contribution in [0.2, 0.25) is 0 Å². The van der Waals surface area contributed by atoms with Gasteiger partial charge in [0.2, 0.25) is 5.91 Å². The van der Waals surface area contributed by atoms with Crippen LogP contribution in [-0.2, 0) is 11.3 Å². The number of amides is 2. The lowest BCUT2D eigenvalue weighted by Gasteiger charge is -2.22. The molecule has 3 aromatic rings. The maximum Gasteiger partial charge on any atom is 0.256 e. The molecular weight excluding hydrogens is 456 g/mol. The van der Waals surface area contributed by atoms with E-state index in [1.54, 1.807) is 42.2 Å². The molecule has 0 aliphatic rings. The SMILES string of the molecule is CCN(CC)C(=O)c1c(C)nc(S[C@H](C)C(=O)NCc2cccs2)c(C#N)c1-c1ccco1. The van der Waals surface area contributed by atoms with Gasteiger partial charge in [0.1, 0.15) is 16.9 Å². The van der Waals surface area contributed by atoms with E-state index in [0.29, 0.717) is 47.2 Å². The molecule has 0 unspecified atom stereocenters. The highest BCUT2D eigenvalue weighted by Gasteiger charge is 2.29. The summed E-state index contributed by atoms with van der Waals surface area (Å²) in [6.45, 7) is 8.85. The van der Waals surface area contributed by atoms with Gasteiger partial charge in [-0.1, -0.05) is 17.8 Å². The normalized spacial score (nSPS) is 11.6. The zero-order valence-electron chi connectivity index (χ0n) is 19.0. The van der Waals surface area contributed by atoms with Gasteiger partial charge in [-0.05, 0) is 51.3 Å². The van der Waals surface area contributed by atoms with Crippen LogP contribution < -0.4 is 5.32 Å². The molecule has 0 aromatic carbocycles. The molecule has 0 fully saturated rings. The number of thioether (sulfide) groups is 1. The van der Waals surface area contributed by atoms with Gasteiger partial charge in [-0.3, -0.25) is 9.59 Å². The monoisotopic (exact) mass is 482 g/mol. The van der Waals surface area contributed by atoms with Crippen LogP contribution in [0.3, 0.4) is 0 Å². The summed E-state index contributed by atoms with van der Waals surface area (Å²) in [6, 6.07) is 9.54. The Morgan fingerprint density at radius 1 is 1.30 bits per heavy atom. The first-order valence-corrected chi connectivity index (χ1v) is 12.4. The largest absolute Gasteiger partial charge is 0.464 e. The van der Waals surface area contributed by atoms with E-state index in [0.717, 1.165) is 4.88 Å². The first-order valence-electron chi connectivity index (χ1n) is 10.7. The summed E-state index contributed by atoms with van der Waals surface area (Å²) in [4.78, 5) is 33.3. The van der Waals surface area contributed by atoms with Crippen LogP contribution in [0.15, 0.2) is 45.4 Å². The van der Waals surface area contributed by atoms with Crippen molar-refractivity contribution in [2.45, 2.75) is 44.5 Å². The van der Waals surface area contributed by atoms with Crippen LogP contribution >= 0.6 is 23.1 Å². The molecule has 0 spiro atoms.